The van der Waals surface area contributed by atoms with Gasteiger partial charge in [-0.15, -0.1) is 11.3 Å². The van der Waals surface area contributed by atoms with Crippen LogP contribution in [0.15, 0.2) is 17.8 Å². The summed E-state index contributed by atoms with van der Waals surface area (Å²) in [7, 11) is 0. The third-order valence-corrected chi connectivity index (χ3v) is 3.73. The highest BCUT2D eigenvalue weighted by atomic mass is 32.1. The van der Waals surface area contributed by atoms with Crippen LogP contribution in [0.2, 0.25) is 0 Å². The van der Waals surface area contributed by atoms with Crippen LogP contribution in [0.25, 0.3) is 10.6 Å². The largest absolute Gasteiger partial charge is 0.241 e. The lowest BCUT2D eigenvalue weighted by molar-refractivity contribution is 0.897. The molecule has 2 heterocycles. The van der Waals surface area contributed by atoms with Gasteiger partial charge in [-0.25, -0.2) is 9.97 Å². The van der Waals surface area contributed by atoms with Crippen LogP contribution in [0.3, 0.4) is 0 Å². The predicted molar refractivity (Wildman–Crippen MR) is 57.5 cm³/mol. The molecule has 3 rings (SSSR count). The molecular formula is C11H10N2S. The summed E-state index contributed by atoms with van der Waals surface area (Å²) in [4.78, 5) is 9.98. The molecule has 1 aliphatic carbocycles. The normalized spacial score (nSPS) is 13.5. The molecule has 0 saturated carbocycles. The van der Waals surface area contributed by atoms with Gasteiger partial charge >= 0.3 is 0 Å². The van der Waals surface area contributed by atoms with Crippen molar-refractivity contribution >= 4 is 11.3 Å². The highest BCUT2D eigenvalue weighted by Gasteiger charge is 2.19. The van der Waals surface area contributed by atoms with Crippen LogP contribution < -0.4 is 0 Å². The number of fused-ring (bicyclic) bond motifs is 3. The van der Waals surface area contributed by atoms with Gasteiger partial charge in [0.1, 0.15) is 6.33 Å². The molecule has 0 unspecified atom stereocenters. The van der Waals surface area contributed by atoms with E-state index in [0.29, 0.717) is 0 Å². The molecule has 14 heavy (non-hydrogen) atoms. The van der Waals surface area contributed by atoms with Crippen molar-refractivity contribution in [2.24, 2.45) is 0 Å². The summed E-state index contributed by atoms with van der Waals surface area (Å²) in [5, 5.41) is 2.15. The summed E-state index contributed by atoms with van der Waals surface area (Å²) >= 11 is 1.79. The molecule has 1 aliphatic rings. The molecule has 0 radical (unpaired) electrons. The van der Waals surface area contributed by atoms with Crippen molar-refractivity contribution in [1.82, 2.24) is 9.97 Å². The van der Waals surface area contributed by atoms with E-state index in [1.54, 1.807) is 17.7 Å². The summed E-state index contributed by atoms with van der Waals surface area (Å²) in [6, 6.07) is 2.21. The van der Waals surface area contributed by atoms with Crippen molar-refractivity contribution in [2.45, 2.75) is 19.8 Å². The minimum atomic E-state index is 1.09. The van der Waals surface area contributed by atoms with E-state index in [-0.39, 0.29) is 0 Å². The predicted octanol–water partition coefficient (Wildman–Crippen LogP) is 2.61. The van der Waals surface area contributed by atoms with Gasteiger partial charge in [0, 0.05) is 11.3 Å². The fraction of sp³-hybridized carbons (Fsp3) is 0.273. The van der Waals surface area contributed by atoms with Crippen LogP contribution >= 0.6 is 11.3 Å². The zero-order valence-electron chi connectivity index (χ0n) is 7.95. The highest BCUT2D eigenvalue weighted by Crippen LogP contribution is 2.36. The summed E-state index contributed by atoms with van der Waals surface area (Å²) in [5.74, 6) is 0. The molecular weight excluding hydrogens is 192 g/mol. The Balaban J connectivity index is 2.31. The highest BCUT2D eigenvalue weighted by molar-refractivity contribution is 7.13. The Morgan fingerprint density at radius 1 is 1.29 bits per heavy atom. The molecule has 0 saturated heterocycles. The molecule has 3 heteroatoms. The Bertz CT molecular complexity index is 488. The number of hydrogen-bond acceptors (Lipinski definition) is 3. The van der Waals surface area contributed by atoms with E-state index in [0.717, 1.165) is 24.2 Å². The van der Waals surface area contributed by atoms with Gasteiger partial charge in [-0.3, -0.25) is 0 Å². The van der Waals surface area contributed by atoms with Gasteiger partial charge in [0.2, 0.25) is 0 Å². The fourth-order valence-electron chi connectivity index (χ4n) is 2.00. The number of aromatic nitrogens is 2. The lowest BCUT2D eigenvalue weighted by Gasteiger charge is -2.15. The van der Waals surface area contributed by atoms with E-state index >= 15 is 0 Å². The van der Waals surface area contributed by atoms with E-state index in [2.05, 4.69) is 28.3 Å². The number of aryl methyl sites for hydroxylation is 2. The molecule has 0 aromatic carbocycles. The summed E-state index contributed by atoms with van der Waals surface area (Å²) < 4.78 is 0. The lowest BCUT2D eigenvalue weighted by atomic mass is 9.94. The van der Waals surface area contributed by atoms with Crippen molar-refractivity contribution in [3.05, 3.63) is 34.6 Å². The van der Waals surface area contributed by atoms with E-state index < -0.39 is 0 Å². The molecule has 0 aliphatic heterocycles. The van der Waals surface area contributed by atoms with Crippen LogP contribution in [-0.4, -0.2) is 9.97 Å². The van der Waals surface area contributed by atoms with E-state index in [4.69, 9.17) is 0 Å². The first-order chi connectivity index (χ1) is 6.86. The Morgan fingerprint density at radius 2 is 2.21 bits per heavy atom. The molecule has 0 amide bonds. The second kappa shape index (κ2) is 2.89. The third-order valence-electron chi connectivity index (χ3n) is 2.77. The van der Waals surface area contributed by atoms with E-state index in [9.17, 15) is 0 Å². The lowest BCUT2D eigenvalue weighted by Crippen LogP contribution is -2.06. The quantitative estimate of drug-likeness (QED) is 0.656. The smallest absolute Gasteiger partial charge is 0.116 e. The van der Waals surface area contributed by atoms with Gasteiger partial charge in [-0.2, -0.15) is 0 Å². The van der Waals surface area contributed by atoms with Gasteiger partial charge in [0.15, 0.2) is 0 Å². The Morgan fingerprint density at radius 3 is 3.14 bits per heavy atom. The minimum absolute atomic E-state index is 1.09. The van der Waals surface area contributed by atoms with E-state index in [1.165, 1.54) is 16.0 Å². The van der Waals surface area contributed by atoms with Gasteiger partial charge in [0.25, 0.3) is 0 Å². The van der Waals surface area contributed by atoms with Crippen LogP contribution in [-0.2, 0) is 12.8 Å². The maximum atomic E-state index is 4.39. The average molecular weight is 202 g/mol. The van der Waals surface area contributed by atoms with Crippen molar-refractivity contribution in [3.63, 3.8) is 0 Å². The summed E-state index contributed by atoms with van der Waals surface area (Å²) in [5.41, 5.74) is 5.07. The first kappa shape index (κ1) is 8.12. The standard InChI is InChI=1S/C11H10N2S/c1-7-9-3-2-8-4-5-14-11(8)10(9)13-6-12-7/h4-6H,2-3H2,1H3. The molecule has 2 aromatic heterocycles. The van der Waals surface area contributed by atoms with Crippen LogP contribution in [0.4, 0.5) is 0 Å². The molecule has 2 aromatic rings. The number of hydrogen-bond donors (Lipinski definition) is 0. The van der Waals surface area contributed by atoms with Gasteiger partial charge in [0.05, 0.1) is 10.6 Å². The van der Waals surface area contributed by atoms with Gasteiger partial charge < -0.3 is 0 Å². The van der Waals surface area contributed by atoms with Gasteiger partial charge in [-0.05, 0) is 36.8 Å². The molecule has 0 bridgehead atoms. The number of nitrogens with zero attached hydrogens (tertiary/aromatic N) is 2. The van der Waals surface area contributed by atoms with E-state index in [1.807, 2.05) is 0 Å². The number of rotatable bonds is 0. The van der Waals surface area contributed by atoms with Crippen LogP contribution in [0.1, 0.15) is 16.8 Å². The van der Waals surface area contributed by atoms with Crippen molar-refractivity contribution in [1.29, 1.82) is 0 Å². The topological polar surface area (TPSA) is 25.8 Å². The maximum Gasteiger partial charge on any atom is 0.116 e. The SMILES string of the molecule is Cc1ncnc2c1CCc1ccsc1-2. The first-order valence-corrected chi connectivity index (χ1v) is 5.61. The fourth-order valence-corrected chi connectivity index (χ4v) is 2.97. The molecule has 70 valence electrons. The van der Waals surface area contributed by atoms with Gasteiger partial charge in [-0.1, -0.05) is 0 Å². The first-order valence-electron chi connectivity index (χ1n) is 4.73. The molecule has 0 spiro atoms. The minimum Gasteiger partial charge on any atom is -0.241 e. The molecule has 2 nitrogen and oxygen atoms in total. The molecule has 0 N–H and O–H groups in total. The summed E-state index contributed by atoms with van der Waals surface area (Å²) in [6.45, 7) is 2.07. The average Bonchev–Trinajstić information content (AvgIpc) is 2.66. The Hall–Kier alpha value is -1.22. The van der Waals surface area contributed by atoms with Crippen molar-refractivity contribution in [2.75, 3.05) is 0 Å². The Labute approximate surface area is 86.7 Å². The van der Waals surface area contributed by atoms with Crippen LogP contribution in [0.5, 0.6) is 0 Å². The second-order valence-corrected chi connectivity index (χ2v) is 4.48. The maximum absolute atomic E-state index is 4.39. The third kappa shape index (κ3) is 1.02. The molecule has 0 atom stereocenters. The van der Waals surface area contributed by atoms with Crippen molar-refractivity contribution < 1.29 is 0 Å². The second-order valence-electron chi connectivity index (χ2n) is 3.56. The van der Waals surface area contributed by atoms with Crippen molar-refractivity contribution in [3.8, 4) is 10.6 Å². The summed E-state index contributed by atoms with van der Waals surface area (Å²) in [6.07, 6.45) is 3.90. The zero-order chi connectivity index (χ0) is 9.54. The monoisotopic (exact) mass is 202 g/mol. The zero-order valence-corrected chi connectivity index (χ0v) is 8.77. The molecule has 0 fully saturated rings. The Kier molecular flexibility index (Phi) is 1.67. The number of thiophene rings is 1. The van der Waals surface area contributed by atoms with Crippen LogP contribution in [0, 0.1) is 6.92 Å².